The zero-order valence-corrected chi connectivity index (χ0v) is 19.4. The summed E-state index contributed by atoms with van der Waals surface area (Å²) in [7, 11) is 0. The van der Waals surface area contributed by atoms with Crippen LogP contribution in [0.25, 0.3) is 10.9 Å². The molecule has 1 aliphatic carbocycles. The average Bonchev–Trinajstić information content (AvgIpc) is 3.25. The standard InChI is InChI=1S/C28H30F3NO5/c1-4-26(2,3)24-10-17-9-16(20(29)13-21(17)32(24)14-19(34)15-33)11-25(35)27(7-8-27)18-5-6-22-23(12-18)37-28(30,31)36-22/h5-6,9-10,12-13,19,33-34H,4,7-8,11,14-15H2,1-3H3/t19-/m1/s1/i2D3,4D2,7D2,8D2,14D2,15D2,19D/t19-,26?. The second kappa shape index (κ2) is 8.77. The second-order valence-electron chi connectivity index (χ2n) is 8.74. The molecule has 0 amide bonds. The molecule has 2 heterocycles. The van der Waals surface area contributed by atoms with Crippen molar-refractivity contribution in [1.82, 2.24) is 4.57 Å². The Kier molecular flexibility index (Phi) is 3.24. The van der Waals surface area contributed by atoms with Gasteiger partial charge in [-0.15, -0.1) is 8.78 Å². The maximum Gasteiger partial charge on any atom is 0.586 e. The van der Waals surface area contributed by atoms with Gasteiger partial charge in [0, 0.05) is 35.3 Å². The van der Waals surface area contributed by atoms with Gasteiger partial charge in [0.1, 0.15) is 11.6 Å². The van der Waals surface area contributed by atoms with Crippen molar-refractivity contribution in [1.29, 1.82) is 0 Å². The molecule has 37 heavy (non-hydrogen) atoms. The van der Waals surface area contributed by atoms with Crippen LogP contribution in [0.4, 0.5) is 13.2 Å². The largest absolute Gasteiger partial charge is 0.586 e. The molecule has 1 unspecified atom stereocenters. The molecule has 1 aliphatic heterocycles. The lowest BCUT2D eigenvalue weighted by Crippen LogP contribution is -2.26. The number of ketones is 1. The van der Waals surface area contributed by atoms with E-state index in [1.807, 2.05) is 0 Å². The normalized spacial score (nSPS) is 30.2. The van der Waals surface area contributed by atoms with Gasteiger partial charge in [-0.2, -0.15) is 0 Å². The number of rotatable bonds is 9. The SMILES string of the molecule is [2H]C([2H])([2H])C(C)(c1cc2cc(CC(=O)C3(c4ccc5c(c4)OC(F)(F)O5)C([2H])([2H])C3([2H])[2H])c(F)cc2n1C([2H])([2H])[C@@]([2H])(O)C([2H])([2H])O)C([2H])([2H])C. The molecule has 1 aromatic heterocycles. The predicted octanol–water partition coefficient (Wildman–Crippen LogP) is 4.99. The van der Waals surface area contributed by atoms with Crippen molar-refractivity contribution in [3.63, 3.8) is 0 Å². The Morgan fingerprint density at radius 1 is 1.30 bits per heavy atom. The Morgan fingerprint density at radius 3 is 2.68 bits per heavy atom. The maximum absolute atomic E-state index is 16.0. The van der Waals surface area contributed by atoms with E-state index in [-0.39, 0.29) is 9.95 Å². The fourth-order valence-corrected chi connectivity index (χ4v) is 4.16. The molecule has 198 valence electrons. The van der Waals surface area contributed by atoms with E-state index >= 15 is 4.39 Å². The number of alkyl halides is 2. The van der Waals surface area contributed by atoms with Gasteiger partial charge in [-0.05, 0) is 60.6 Å². The summed E-state index contributed by atoms with van der Waals surface area (Å²) in [5, 5.41) is 20.3. The molecule has 2 aromatic carbocycles. The van der Waals surface area contributed by atoms with Crippen LogP contribution in [0.1, 0.15) is 75.8 Å². The molecule has 2 atom stereocenters. The third kappa shape index (κ3) is 4.48. The first-order valence-electron chi connectivity index (χ1n) is 17.9. The van der Waals surface area contributed by atoms with E-state index in [2.05, 4.69) is 9.47 Å². The van der Waals surface area contributed by atoms with Gasteiger partial charge in [0.15, 0.2) is 11.5 Å². The Hall–Kier alpha value is -3.04. The first kappa shape index (κ1) is 13.7. The van der Waals surface area contributed by atoms with Crippen LogP contribution in [-0.4, -0.2) is 39.5 Å². The van der Waals surface area contributed by atoms with Crippen molar-refractivity contribution >= 4 is 16.7 Å². The Balaban J connectivity index is 1.72. The van der Waals surface area contributed by atoms with Gasteiger partial charge in [-0.1, -0.05) is 26.8 Å². The summed E-state index contributed by atoms with van der Waals surface area (Å²) in [4.78, 5) is 14.0. The van der Waals surface area contributed by atoms with Crippen LogP contribution in [0.3, 0.4) is 0 Å². The van der Waals surface area contributed by atoms with Gasteiger partial charge in [-0.25, -0.2) is 4.39 Å². The number of Topliss-reactive ketones (excluding diaryl/α,β-unsaturated/α-hetero) is 1. The molecular weight excluding hydrogens is 487 g/mol. The maximum atomic E-state index is 16.0. The summed E-state index contributed by atoms with van der Waals surface area (Å²) in [6, 6.07) is 4.86. The molecule has 3 aromatic rings. The van der Waals surface area contributed by atoms with Gasteiger partial charge in [0.25, 0.3) is 0 Å². The van der Waals surface area contributed by atoms with Crippen molar-refractivity contribution in [2.45, 2.75) is 75.9 Å². The summed E-state index contributed by atoms with van der Waals surface area (Å²) in [5.41, 5.74) is -8.05. The first-order valence-corrected chi connectivity index (χ1v) is 10.9. The average molecular weight is 532 g/mol. The van der Waals surface area contributed by atoms with Crippen LogP contribution in [0.5, 0.6) is 11.5 Å². The lowest BCUT2D eigenvalue weighted by molar-refractivity contribution is -0.286. The molecule has 6 nitrogen and oxygen atoms in total. The molecule has 1 fully saturated rings. The first-order chi connectivity index (χ1) is 22.6. The lowest BCUT2D eigenvalue weighted by Gasteiger charge is -2.26. The lowest BCUT2D eigenvalue weighted by atomic mass is 9.86. The Morgan fingerprint density at radius 2 is 2.03 bits per heavy atom. The van der Waals surface area contributed by atoms with Crippen LogP contribution in [-0.2, 0) is 28.5 Å². The Labute approximate surface area is 232 Å². The molecule has 0 saturated heterocycles. The number of benzene rings is 2. The van der Waals surface area contributed by atoms with Crippen LogP contribution < -0.4 is 9.47 Å². The highest BCUT2D eigenvalue weighted by atomic mass is 19.3. The fourth-order valence-electron chi connectivity index (χ4n) is 4.16. The molecule has 0 spiro atoms. The number of carbonyl (C=O) groups is 1. The third-order valence-corrected chi connectivity index (χ3v) is 6.28. The number of carbonyl (C=O) groups excluding carboxylic acids is 1. The van der Waals surface area contributed by atoms with E-state index < -0.39 is 114 Å². The van der Waals surface area contributed by atoms with Gasteiger partial charge < -0.3 is 24.3 Å². The molecule has 2 aliphatic rings. The predicted molar refractivity (Wildman–Crippen MR) is 131 cm³/mol. The summed E-state index contributed by atoms with van der Waals surface area (Å²) >= 11 is 0. The zero-order valence-electron chi connectivity index (χ0n) is 33.4. The monoisotopic (exact) mass is 531 g/mol. The van der Waals surface area contributed by atoms with Crippen LogP contribution in [0.2, 0.25) is 0 Å². The van der Waals surface area contributed by atoms with Gasteiger partial charge in [0.05, 0.1) is 36.9 Å². The van der Waals surface area contributed by atoms with E-state index in [9.17, 15) is 23.8 Å². The van der Waals surface area contributed by atoms with Gasteiger partial charge in [-0.3, -0.25) is 4.79 Å². The molecule has 0 bridgehead atoms. The molecule has 0 radical (unpaired) electrons. The molecular formula is C28H30F3NO5. The number of hydrogen-bond acceptors (Lipinski definition) is 5. The number of aromatic nitrogens is 1. The minimum Gasteiger partial charge on any atom is -0.395 e. The number of fused-ring (bicyclic) bond motifs is 2. The number of nitrogens with zero attached hydrogens (tertiary/aromatic N) is 1. The van der Waals surface area contributed by atoms with Crippen molar-refractivity contribution in [2.24, 2.45) is 0 Å². The summed E-state index contributed by atoms with van der Waals surface area (Å²) in [6.45, 7) is -9.58. The molecule has 1 saturated carbocycles. The zero-order chi connectivity index (χ0) is 39.1. The van der Waals surface area contributed by atoms with E-state index in [1.165, 1.54) is 0 Å². The van der Waals surface area contributed by atoms with Crippen LogP contribution >= 0.6 is 0 Å². The minimum absolute atomic E-state index is 0.174. The molecule has 2 N–H and O–H groups in total. The van der Waals surface area contributed by atoms with Crippen molar-refractivity contribution in [3.05, 3.63) is 59.0 Å². The van der Waals surface area contributed by atoms with E-state index in [4.69, 9.17) is 19.2 Å². The van der Waals surface area contributed by atoms with Crippen molar-refractivity contribution < 1.29 is 56.8 Å². The molecule has 9 heteroatoms. The fraction of sp³-hybridized carbons (Fsp3) is 0.464. The van der Waals surface area contributed by atoms with E-state index in [1.54, 1.807) is 0 Å². The van der Waals surface area contributed by atoms with E-state index in [0.717, 1.165) is 44.2 Å². The number of halogens is 3. The smallest absolute Gasteiger partial charge is 0.395 e. The number of ether oxygens (including phenoxy) is 2. The highest BCUT2D eigenvalue weighted by Crippen LogP contribution is 2.52. The van der Waals surface area contributed by atoms with Crippen LogP contribution in [0.15, 0.2) is 36.4 Å². The van der Waals surface area contributed by atoms with E-state index in [0.29, 0.717) is 6.07 Å². The van der Waals surface area contributed by atoms with Crippen molar-refractivity contribution in [2.75, 3.05) is 6.56 Å². The highest BCUT2D eigenvalue weighted by molar-refractivity contribution is 5.95. The highest BCUT2D eigenvalue weighted by Gasteiger charge is 2.52. The van der Waals surface area contributed by atoms with Gasteiger partial charge in [0.2, 0.25) is 0 Å². The number of aliphatic hydroxyl groups is 2. The van der Waals surface area contributed by atoms with Crippen LogP contribution in [0, 0.1) is 5.82 Å². The quantitative estimate of drug-likeness (QED) is 0.407. The summed E-state index contributed by atoms with van der Waals surface area (Å²) in [5.74, 6) is -3.79. The summed E-state index contributed by atoms with van der Waals surface area (Å²) < 4.78 is 167. The second-order valence-corrected chi connectivity index (χ2v) is 8.74. The number of hydrogen-bond donors (Lipinski definition) is 2. The summed E-state index contributed by atoms with van der Waals surface area (Å²) in [6.07, 6.45) is -18.1. The van der Waals surface area contributed by atoms with Gasteiger partial charge >= 0.3 is 6.29 Å². The topological polar surface area (TPSA) is 80.9 Å². The third-order valence-electron chi connectivity index (χ3n) is 6.28. The Bertz CT molecular complexity index is 1920. The molecule has 5 rings (SSSR count). The van der Waals surface area contributed by atoms with Crippen molar-refractivity contribution in [3.8, 4) is 11.5 Å². The minimum atomic E-state index is -4.15.